The average Bonchev–Trinajstić information content (AvgIpc) is 3.33. The van der Waals surface area contributed by atoms with Crippen molar-refractivity contribution in [1.82, 2.24) is 15.2 Å². The maximum Gasteiger partial charge on any atom is 0.325 e. The molecule has 1 fully saturated rings. The molecule has 3 aromatic rings. The Morgan fingerprint density at radius 1 is 1.23 bits per heavy atom. The molecule has 0 aliphatic carbocycles. The lowest BCUT2D eigenvalue weighted by atomic mass is 9.90. The predicted octanol–water partition coefficient (Wildman–Crippen LogP) is 2.42. The fraction of sp³-hybridized carbons (Fsp3) is 0.182. The van der Waals surface area contributed by atoms with Crippen LogP contribution in [0.1, 0.15) is 28.5 Å². The molecule has 31 heavy (non-hydrogen) atoms. The number of primary amides is 1. The number of aromatic nitrogens is 1. The Morgan fingerprint density at radius 3 is 2.65 bits per heavy atom. The fourth-order valence-electron chi connectivity index (χ4n) is 3.43. The van der Waals surface area contributed by atoms with E-state index >= 15 is 0 Å². The number of urea groups is 1. The number of benzene rings is 2. The SMILES string of the molecule is COc1ccc(-c2nc(CN3C(=O)NC(C)(c4cccc(C(N)=O)c4)C3=O)co2)cc1. The van der Waals surface area contributed by atoms with Crippen molar-refractivity contribution in [3.05, 3.63) is 71.6 Å². The molecule has 1 saturated heterocycles. The molecule has 0 saturated carbocycles. The van der Waals surface area contributed by atoms with Gasteiger partial charge in [-0.1, -0.05) is 12.1 Å². The number of nitrogens with one attached hydrogen (secondary N) is 1. The van der Waals surface area contributed by atoms with E-state index in [2.05, 4.69) is 10.3 Å². The Hall–Kier alpha value is -4.14. The molecule has 9 nitrogen and oxygen atoms in total. The molecule has 0 spiro atoms. The molecule has 1 atom stereocenters. The van der Waals surface area contributed by atoms with Gasteiger partial charge in [-0.25, -0.2) is 9.78 Å². The molecular weight excluding hydrogens is 400 g/mol. The van der Waals surface area contributed by atoms with Crippen LogP contribution in [0.15, 0.2) is 59.2 Å². The summed E-state index contributed by atoms with van der Waals surface area (Å²) in [6.45, 7) is 1.52. The number of nitrogens with zero attached hydrogens (tertiary/aromatic N) is 2. The van der Waals surface area contributed by atoms with Gasteiger partial charge in [0.1, 0.15) is 17.6 Å². The van der Waals surface area contributed by atoms with Crippen molar-refractivity contribution in [3.63, 3.8) is 0 Å². The van der Waals surface area contributed by atoms with Crippen LogP contribution in [-0.2, 0) is 16.9 Å². The van der Waals surface area contributed by atoms with Crippen LogP contribution in [0.25, 0.3) is 11.5 Å². The van der Waals surface area contributed by atoms with Gasteiger partial charge in [0.2, 0.25) is 11.8 Å². The normalized spacial score (nSPS) is 18.2. The van der Waals surface area contributed by atoms with Gasteiger partial charge in [-0.05, 0) is 48.9 Å². The molecule has 0 radical (unpaired) electrons. The molecule has 9 heteroatoms. The summed E-state index contributed by atoms with van der Waals surface area (Å²) in [5.41, 5.74) is 5.87. The van der Waals surface area contributed by atoms with Crippen LogP contribution in [-0.4, -0.2) is 34.8 Å². The Bertz CT molecular complexity index is 1170. The van der Waals surface area contributed by atoms with Crippen molar-refractivity contribution < 1.29 is 23.5 Å². The second kappa shape index (κ2) is 7.60. The first kappa shape index (κ1) is 20.1. The summed E-state index contributed by atoms with van der Waals surface area (Å²) in [6, 6.07) is 12.9. The van der Waals surface area contributed by atoms with Crippen molar-refractivity contribution in [2.75, 3.05) is 7.11 Å². The number of hydrogen-bond acceptors (Lipinski definition) is 6. The van der Waals surface area contributed by atoms with Crippen LogP contribution >= 0.6 is 0 Å². The third kappa shape index (κ3) is 3.61. The second-order valence-corrected chi connectivity index (χ2v) is 7.26. The molecule has 2 heterocycles. The minimum Gasteiger partial charge on any atom is -0.497 e. The van der Waals surface area contributed by atoms with E-state index < -0.39 is 23.4 Å². The zero-order valence-corrected chi connectivity index (χ0v) is 16.9. The number of amides is 4. The van der Waals surface area contributed by atoms with Gasteiger partial charge in [-0.3, -0.25) is 14.5 Å². The van der Waals surface area contributed by atoms with Crippen molar-refractivity contribution in [2.45, 2.75) is 19.0 Å². The van der Waals surface area contributed by atoms with Gasteiger partial charge in [-0.15, -0.1) is 0 Å². The summed E-state index contributed by atoms with van der Waals surface area (Å²) >= 11 is 0. The summed E-state index contributed by atoms with van der Waals surface area (Å²) in [6.07, 6.45) is 1.41. The smallest absolute Gasteiger partial charge is 0.325 e. The molecule has 1 aliphatic rings. The monoisotopic (exact) mass is 420 g/mol. The number of carbonyl (C=O) groups excluding carboxylic acids is 3. The standard InChI is InChI=1S/C22H20N4O5/c1-22(15-5-3-4-14(10-15)18(23)27)20(28)26(21(29)25-22)11-16-12-31-19(24-16)13-6-8-17(30-2)9-7-13/h3-10,12H,11H2,1-2H3,(H2,23,27)(H,25,29). The minimum absolute atomic E-state index is 0.0601. The van der Waals surface area contributed by atoms with E-state index in [-0.39, 0.29) is 12.1 Å². The summed E-state index contributed by atoms with van der Waals surface area (Å²) in [5.74, 6) is -0.0166. The van der Waals surface area contributed by atoms with Crippen LogP contribution in [0.4, 0.5) is 4.79 Å². The molecule has 1 aliphatic heterocycles. The Balaban J connectivity index is 1.55. The van der Waals surface area contributed by atoms with E-state index in [1.807, 2.05) is 0 Å². The Labute approximate surface area is 177 Å². The van der Waals surface area contributed by atoms with Crippen molar-refractivity contribution in [1.29, 1.82) is 0 Å². The van der Waals surface area contributed by atoms with Crippen molar-refractivity contribution in [3.8, 4) is 17.2 Å². The van der Waals surface area contributed by atoms with Gasteiger partial charge in [0.25, 0.3) is 5.91 Å². The Kier molecular flexibility index (Phi) is 4.94. The summed E-state index contributed by atoms with van der Waals surface area (Å²) in [5, 5.41) is 2.70. The zero-order valence-electron chi connectivity index (χ0n) is 16.9. The van der Waals surface area contributed by atoms with E-state index in [1.165, 1.54) is 12.3 Å². The zero-order chi connectivity index (χ0) is 22.2. The number of ether oxygens (including phenoxy) is 1. The number of methoxy groups -OCH3 is 1. The molecule has 4 amide bonds. The topological polar surface area (TPSA) is 128 Å². The summed E-state index contributed by atoms with van der Waals surface area (Å²) in [7, 11) is 1.58. The van der Waals surface area contributed by atoms with Gasteiger partial charge < -0.3 is 20.2 Å². The number of carbonyl (C=O) groups is 3. The van der Waals surface area contributed by atoms with Crippen molar-refractivity contribution in [2.24, 2.45) is 5.73 Å². The number of imide groups is 1. The third-order valence-corrected chi connectivity index (χ3v) is 5.21. The highest BCUT2D eigenvalue weighted by molar-refractivity contribution is 6.07. The average molecular weight is 420 g/mol. The van der Waals surface area contributed by atoms with Gasteiger partial charge in [0.15, 0.2) is 0 Å². The summed E-state index contributed by atoms with van der Waals surface area (Å²) < 4.78 is 10.6. The molecule has 158 valence electrons. The van der Waals surface area contributed by atoms with Crippen molar-refractivity contribution >= 4 is 17.8 Å². The fourth-order valence-corrected chi connectivity index (χ4v) is 3.43. The quantitative estimate of drug-likeness (QED) is 0.590. The first-order valence-electron chi connectivity index (χ1n) is 9.45. The molecule has 1 aromatic heterocycles. The van der Waals surface area contributed by atoms with Gasteiger partial charge in [0, 0.05) is 11.1 Å². The van der Waals surface area contributed by atoms with Gasteiger partial charge in [-0.2, -0.15) is 0 Å². The number of nitrogens with two attached hydrogens (primary N) is 1. The lowest BCUT2D eigenvalue weighted by Gasteiger charge is -2.22. The van der Waals surface area contributed by atoms with E-state index in [9.17, 15) is 14.4 Å². The Morgan fingerprint density at radius 2 is 1.97 bits per heavy atom. The summed E-state index contributed by atoms with van der Waals surface area (Å²) in [4.78, 5) is 42.6. The second-order valence-electron chi connectivity index (χ2n) is 7.26. The highest BCUT2D eigenvalue weighted by atomic mass is 16.5. The molecule has 4 rings (SSSR count). The van der Waals surface area contributed by atoms with Gasteiger partial charge in [0.05, 0.1) is 19.3 Å². The van der Waals surface area contributed by atoms with Gasteiger partial charge >= 0.3 is 6.03 Å². The van der Waals surface area contributed by atoms with Crippen LogP contribution in [0.2, 0.25) is 0 Å². The third-order valence-electron chi connectivity index (χ3n) is 5.21. The largest absolute Gasteiger partial charge is 0.497 e. The van der Waals surface area contributed by atoms with E-state index in [0.717, 1.165) is 10.5 Å². The number of oxazole rings is 1. The maximum atomic E-state index is 13.1. The van der Waals surface area contributed by atoms with Crippen LogP contribution in [0.3, 0.4) is 0 Å². The molecule has 3 N–H and O–H groups in total. The maximum absolute atomic E-state index is 13.1. The minimum atomic E-state index is -1.33. The molecule has 1 unspecified atom stereocenters. The van der Waals surface area contributed by atoms with Crippen LogP contribution in [0, 0.1) is 0 Å². The molecule has 0 bridgehead atoms. The number of hydrogen-bond donors (Lipinski definition) is 2. The van der Waals surface area contributed by atoms with E-state index in [0.29, 0.717) is 22.9 Å². The molecule has 2 aromatic carbocycles. The first-order valence-corrected chi connectivity index (χ1v) is 9.45. The highest BCUT2D eigenvalue weighted by Crippen LogP contribution is 2.31. The van der Waals surface area contributed by atoms with E-state index in [1.54, 1.807) is 56.5 Å². The lowest BCUT2D eigenvalue weighted by Crippen LogP contribution is -2.41. The van der Waals surface area contributed by atoms with Crippen LogP contribution < -0.4 is 15.8 Å². The highest BCUT2D eigenvalue weighted by Gasteiger charge is 2.49. The van der Waals surface area contributed by atoms with Crippen LogP contribution in [0.5, 0.6) is 5.75 Å². The lowest BCUT2D eigenvalue weighted by molar-refractivity contribution is -0.131. The first-order chi connectivity index (χ1) is 14.8. The molecular formula is C22H20N4O5. The predicted molar refractivity (Wildman–Crippen MR) is 110 cm³/mol. The number of rotatable bonds is 6. The van der Waals surface area contributed by atoms with E-state index in [4.69, 9.17) is 14.9 Å².